The number of benzene rings is 1. The van der Waals surface area contributed by atoms with E-state index >= 15 is 0 Å². The van der Waals surface area contributed by atoms with E-state index in [1.165, 1.54) is 22.6 Å². The molecule has 1 aromatic carbocycles. The molecule has 6 nitrogen and oxygen atoms in total. The quantitative estimate of drug-likeness (QED) is 0.748. The first-order valence-electron chi connectivity index (χ1n) is 7.96. The number of nitrogen functional groups attached to an aromatic ring is 1. The Kier molecular flexibility index (Phi) is 4.29. The minimum Gasteiger partial charge on any atom is -0.368 e. The number of rotatable bonds is 4. The molecular weight excluding hydrogens is 339 g/mol. The Morgan fingerprint density at radius 3 is 2.84 bits per heavy atom. The van der Waals surface area contributed by atoms with Crippen molar-refractivity contribution in [2.24, 2.45) is 0 Å². The summed E-state index contributed by atoms with van der Waals surface area (Å²) in [6.45, 7) is 2.48. The summed E-state index contributed by atoms with van der Waals surface area (Å²) in [5.74, 6) is 0.861. The van der Waals surface area contributed by atoms with Gasteiger partial charge in [-0.05, 0) is 47.7 Å². The Labute approximate surface area is 148 Å². The van der Waals surface area contributed by atoms with E-state index in [0.29, 0.717) is 24.0 Å². The average Bonchev–Trinajstić information content (AvgIpc) is 3.04. The fraction of sp³-hybridized carbons (Fsp3) is 0.235. The van der Waals surface area contributed by atoms with Gasteiger partial charge in [0.05, 0.1) is 6.54 Å². The van der Waals surface area contributed by atoms with Gasteiger partial charge in [-0.3, -0.25) is 4.90 Å². The van der Waals surface area contributed by atoms with Crippen LogP contribution in [0.15, 0.2) is 35.7 Å². The number of aromatic nitrogens is 3. The number of nitrogens with two attached hydrogens (primary N) is 1. The fourth-order valence-corrected chi connectivity index (χ4v) is 3.76. The molecule has 0 radical (unpaired) electrons. The van der Waals surface area contributed by atoms with Crippen molar-refractivity contribution in [2.45, 2.75) is 19.5 Å². The van der Waals surface area contributed by atoms with Crippen LogP contribution in [0.5, 0.6) is 0 Å². The molecular formula is C17H17FN6S. The fourth-order valence-electron chi connectivity index (χ4n) is 2.87. The molecule has 0 saturated heterocycles. The van der Waals surface area contributed by atoms with Crippen LogP contribution in [0.1, 0.15) is 16.3 Å². The van der Waals surface area contributed by atoms with Gasteiger partial charge in [-0.1, -0.05) is 0 Å². The summed E-state index contributed by atoms with van der Waals surface area (Å²) >= 11 is 1.82. The SMILES string of the molecule is Nc1nc(CN2CCc3sccc3C2)nc(Nc2ccc(F)cc2)n1. The van der Waals surface area contributed by atoms with E-state index < -0.39 is 0 Å². The Morgan fingerprint density at radius 1 is 1.16 bits per heavy atom. The van der Waals surface area contributed by atoms with Crippen LogP contribution in [0, 0.1) is 5.82 Å². The molecule has 1 aliphatic rings. The van der Waals surface area contributed by atoms with E-state index in [1.807, 2.05) is 11.3 Å². The summed E-state index contributed by atoms with van der Waals surface area (Å²) < 4.78 is 13.0. The van der Waals surface area contributed by atoms with Crippen LogP contribution in [0.25, 0.3) is 0 Å². The van der Waals surface area contributed by atoms with Crippen LogP contribution < -0.4 is 11.1 Å². The summed E-state index contributed by atoms with van der Waals surface area (Å²) in [6, 6.07) is 8.17. The van der Waals surface area contributed by atoms with E-state index in [0.717, 1.165) is 19.5 Å². The smallest absolute Gasteiger partial charge is 0.232 e. The van der Waals surface area contributed by atoms with Crippen molar-refractivity contribution >= 4 is 28.9 Å². The van der Waals surface area contributed by atoms with E-state index in [4.69, 9.17) is 5.73 Å². The molecule has 4 rings (SSSR count). The minimum absolute atomic E-state index is 0.169. The molecule has 0 spiro atoms. The van der Waals surface area contributed by atoms with Crippen LogP contribution in [0.4, 0.5) is 22.0 Å². The summed E-state index contributed by atoms with van der Waals surface area (Å²) in [5, 5.41) is 5.17. The highest BCUT2D eigenvalue weighted by atomic mass is 32.1. The zero-order valence-electron chi connectivity index (χ0n) is 13.4. The molecule has 25 heavy (non-hydrogen) atoms. The van der Waals surface area contributed by atoms with Crippen molar-refractivity contribution < 1.29 is 4.39 Å². The van der Waals surface area contributed by atoms with Crippen molar-refractivity contribution in [1.82, 2.24) is 19.9 Å². The molecule has 8 heteroatoms. The van der Waals surface area contributed by atoms with Gasteiger partial charge in [0.25, 0.3) is 0 Å². The summed E-state index contributed by atoms with van der Waals surface area (Å²) in [4.78, 5) is 16.6. The molecule has 1 aliphatic heterocycles. The lowest BCUT2D eigenvalue weighted by molar-refractivity contribution is 0.241. The second-order valence-electron chi connectivity index (χ2n) is 5.90. The molecule has 0 bridgehead atoms. The number of thiophene rings is 1. The van der Waals surface area contributed by atoms with Gasteiger partial charge in [-0.15, -0.1) is 11.3 Å². The second kappa shape index (κ2) is 6.73. The maximum Gasteiger partial charge on any atom is 0.232 e. The number of hydrogen-bond donors (Lipinski definition) is 2. The normalized spacial score (nSPS) is 14.3. The monoisotopic (exact) mass is 356 g/mol. The molecule has 0 amide bonds. The maximum atomic E-state index is 13.0. The van der Waals surface area contributed by atoms with E-state index in [-0.39, 0.29) is 11.8 Å². The Morgan fingerprint density at radius 2 is 2.00 bits per heavy atom. The van der Waals surface area contributed by atoms with Gasteiger partial charge in [0.15, 0.2) is 0 Å². The predicted molar refractivity (Wildman–Crippen MR) is 96.1 cm³/mol. The molecule has 0 fully saturated rings. The largest absolute Gasteiger partial charge is 0.368 e. The zero-order chi connectivity index (χ0) is 17.2. The molecule has 0 unspecified atom stereocenters. The lowest BCUT2D eigenvalue weighted by atomic mass is 10.1. The highest BCUT2D eigenvalue weighted by Crippen LogP contribution is 2.24. The van der Waals surface area contributed by atoms with Crippen LogP contribution in [0.3, 0.4) is 0 Å². The third-order valence-electron chi connectivity index (χ3n) is 4.05. The Bertz CT molecular complexity index is 879. The molecule has 2 aromatic heterocycles. The average molecular weight is 356 g/mol. The zero-order valence-corrected chi connectivity index (χ0v) is 14.3. The molecule has 128 valence electrons. The van der Waals surface area contributed by atoms with Crippen molar-refractivity contribution in [3.8, 4) is 0 Å². The van der Waals surface area contributed by atoms with Crippen molar-refractivity contribution in [3.63, 3.8) is 0 Å². The number of anilines is 3. The van der Waals surface area contributed by atoms with Crippen LogP contribution in [0.2, 0.25) is 0 Å². The summed E-state index contributed by atoms with van der Waals surface area (Å²) in [6.07, 6.45) is 1.05. The lowest BCUT2D eigenvalue weighted by Gasteiger charge is -2.26. The number of halogens is 1. The third-order valence-corrected chi connectivity index (χ3v) is 5.07. The highest BCUT2D eigenvalue weighted by molar-refractivity contribution is 7.10. The highest BCUT2D eigenvalue weighted by Gasteiger charge is 2.18. The Balaban J connectivity index is 1.49. The van der Waals surface area contributed by atoms with Gasteiger partial charge < -0.3 is 11.1 Å². The number of nitrogens with one attached hydrogen (secondary N) is 1. The topological polar surface area (TPSA) is 80.0 Å². The second-order valence-corrected chi connectivity index (χ2v) is 6.90. The van der Waals surface area contributed by atoms with E-state index in [1.54, 1.807) is 12.1 Å². The maximum absolute atomic E-state index is 13.0. The molecule has 0 saturated carbocycles. The van der Waals surface area contributed by atoms with Crippen LogP contribution in [-0.4, -0.2) is 26.4 Å². The summed E-state index contributed by atoms with van der Waals surface area (Å²) in [5.41, 5.74) is 7.89. The first kappa shape index (κ1) is 15.9. The van der Waals surface area contributed by atoms with Crippen molar-refractivity contribution in [1.29, 1.82) is 0 Å². The molecule has 0 atom stereocenters. The molecule has 3 aromatic rings. The molecule has 0 aliphatic carbocycles. The first-order valence-corrected chi connectivity index (χ1v) is 8.84. The van der Waals surface area contributed by atoms with Gasteiger partial charge in [0, 0.05) is 23.7 Å². The summed E-state index contributed by atoms with van der Waals surface area (Å²) in [7, 11) is 0. The van der Waals surface area contributed by atoms with Crippen LogP contribution in [-0.2, 0) is 19.5 Å². The van der Waals surface area contributed by atoms with Crippen molar-refractivity contribution in [3.05, 3.63) is 57.8 Å². The number of hydrogen-bond acceptors (Lipinski definition) is 7. The first-order chi connectivity index (χ1) is 12.2. The molecule has 3 N–H and O–H groups in total. The van der Waals surface area contributed by atoms with Crippen molar-refractivity contribution in [2.75, 3.05) is 17.6 Å². The van der Waals surface area contributed by atoms with Gasteiger partial charge in [-0.25, -0.2) is 4.39 Å². The van der Waals surface area contributed by atoms with E-state index in [2.05, 4.69) is 36.6 Å². The van der Waals surface area contributed by atoms with Crippen LogP contribution >= 0.6 is 11.3 Å². The molecule has 3 heterocycles. The van der Waals surface area contributed by atoms with Gasteiger partial charge in [0.1, 0.15) is 11.6 Å². The standard InChI is InChI=1S/C17H17FN6S/c18-12-1-3-13(4-2-12)20-17-22-15(21-16(19)23-17)10-24-7-5-14-11(9-24)6-8-25-14/h1-4,6,8H,5,7,9-10H2,(H3,19,20,21,22,23). The third kappa shape index (κ3) is 3.75. The number of fused-ring (bicyclic) bond motifs is 1. The van der Waals surface area contributed by atoms with Gasteiger partial charge >= 0.3 is 0 Å². The van der Waals surface area contributed by atoms with E-state index in [9.17, 15) is 4.39 Å². The lowest BCUT2D eigenvalue weighted by Crippen LogP contribution is -2.30. The predicted octanol–water partition coefficient (Wildman–Crippen LogP) is 2.96. The van der Waals surface area contributed by atoms with Gasteiger partial charge in [-0.2, -0.15) is 15.0 Å². The minimum atomic E-state index is -0.292. The Hall–Kier alpha value is -2.58. The number of nitrogens with zero attached hydrogens (tertiary/aromatic N) is 4. The van der Waals surface area contributed by atoms with Gasteiger partial charge in [0.2, 0.25) is 11.9 Å².